The van der Waals surface area contributed by atoms with E-state index in [0.29, 0.717) is 0 Å². The van der Waals surface area contributed by atoms with Crippen LogP contribution in [-0.4, -0.2) is 0 Å². The summed E-state index contributed by atoms with van der Waals surface area (Å²) >= 11 is 0. The molecule has 6 heteroatoms. The fraction of sp³-hybridized carbons (Fsp3) is 0. The maximum Gasteiger partial charge on any atom is 0.181 e. The van der Waals surface area contributed by atoms with Crippen molar-refractivity contribution in [1.29, 1.82) is 10.5 Å². The predicted molar refractivity (Wildman–Crippen MR) is 104 cm³/mol. The topological polar surface area (TPSA) is 47.6 Å². The van der Waals surface area contributed by atoms with Gasteiger partial charge in [0.15, 0.2) is 23.3 Å². The lowest BCUT2D eigenvalue weighted by atomic mass is 10.0. The first-order valence-corrected chi connectivity index (χ1v) is 8.77. The molecule has 2 nitrogen and oxygen atoms in total. The quantitative estimate of drug-likeness (QED) is 0.220. The Morgan fingerprint density at radius 1 is 0.500 bits per heavy atom. The van der Waals surface area contributed by atoms with E-state index in [1.165, 1.54) is 33.0 Å². The van der Waals surface area contributed by atoms with Crippen LogP contribution in [0.15, 0.2) is 60.7 Å². The summed E-state index contributed by atoms with van der Waals surface area (Å²) in [5.74, 6) is -7.43. The van der Waals surface area contributed by atoms with E-state index in [1.807, 2.05) is 0 Å². The molecule has 0 fully saturated rings. The summed E-state index contributed by atoms with van der Waals surface area (Å²) < 4.78 is 50.9. The third-order valence-corrected chi connectivity index (χ3v) is 4.90. The summed E-state index contributed by atoms with van der Waals surface area (Å²) in [6, 6.07) is 23.7. The van der Waals surface area contributed by atoms with Crippen LogP contribution in [0.3, 0.4) is 0 Å². The van der Waals surface area contributed by atoms with Crippen LogP contribution in [0.2, 0.25) is 0 Å². The fourth-order valence-corrected chi connectivity index (χ4v) is 3.57. The van der Waals surface area contributed by atoms with Gasteiger partial charge in [0.25, 0.3) is 0 Å². The Labute approximate surface area is 168 Å². The SMILES string of the molecule is N#Cc1c(F)c(F)c(C#N)c(F)c1F.c1ccc2c(c1)-c1cccc3cccc-2c13. The Morgan fingerprint density at radius 2 is 0.867 bits per heavy atom. The molecule has 0 unspecified atom stereocenters. The van der Waals surface area contributed by atoms with E-state index >= 15 is 0 Å². The number of hydrogen-bond acceptors (Lipinski definition) is 2. The molecule has 1 aliphatic carbocycles. The van der Waals surface area contributed by atoms with Crippen LogP contribution in [0.4, 0.5) is 17.6 Å². The van der Waals surface area contributed by atoms with E-state index < -0.39 is 34.4 Å². The summed E-state index contributed by atoms with van der Waals surface area (Å²) in [5, 5.41) is 19.1. The molecule has 0 aliphatic heterocycles. The molecule has 0 heterocycles. The van der Waals surface area contributed by atoms with Gasteiger partial charge in [-0.05, 0) is 33.0 Å². The average Bonchev–Trinajstić information content (AvgIpc) is 3.10. The fourth-order valence-electron chi connectivity index (χ4n) is 3.57. The van der Waals surface area contributed by atoms with Crippen LogP contribution in [0.5, 0.6) is 0 Å². The lowest BCUT2D eigenvalue weighted by molar-refractivity contribution is 0.446. The Balaban J connectivity index is 0.000000147. The number of benzene rings is 4. The minimum absolute atomic E-state index is 0.957. The first-order chi connectivity index (χ1) is 14.5. The van der Waals surface area contributed by atoms with Crippen LogP contribution in [0.25, 0.3) is 33.0 Å². The monoisotopic (exact) mass is 402 g/mol. The minimum Gasteiger partial charge on any atom is -0.202 e. The molecule has 0 saturated carbocycles. The zero-order valence-electron chi connectivity index (χ0n) is 15.2. The predicted octanol–water partition coefficient (Wildman–Crippen LogP) is 6.47. The van der Waals surface area contributed by atoms with Crippen molar-refractivity contribution in [3.63, 3.8) is 0 Å². The average molecular weight is 402 g/mol. The highest BCUT2D eigenvalue weighted by Gasteiger charge is 2.25. The van der Waals surface area contributed by atoms with Gasteiger partial charge in [0.05, 0.1) is 0 Å². The van der Waals surface area contributed by atoms with Gasteiger partial charge in [0.1, 0.15) is 23.3 Å². The van der Waals surface area contributed by atoms with Gasteiger partial charge in [-0.3, -0.25) is 0 Å². The van der Waals surface area contributed by atoms with Crippen molar-refractivity contribution >= 4 is 10.8 Å². The Morgan fingerprint density at radius 3 is 1.23 bits per heavy atom. The van der Waals surface area contributed by atoms with Crippen LogP contribution >= 0.6 is 0 Å². The number of nitriles is 2. The Hall–Kier alpha value is -4.16. The maximum atomic E-state index is 12.7. The molecule has 30 heavy (non-hydrogen) atoms. The second-order valence-corrected chi connectivity index (χ2v) is 6.48. The number of fused-ring (bicyclic) bond motifs is 3. The van der Waals surface area contributed by atoms with Gasteiger partial charge in [-0.25, -0.2) is 17.6 Å². The van der Waals surface area contributed by atoms with Crippen molar-refractivity contribution < 1.29 is 17.6 Å². The van der Waals surface area contributed by atoms with Crippen molar-refractivity contribution in [2.75, 3.05) is 0 Å². The molecule has 0 atom stereocenters. The lowest BCUT2D eigenvalue weighted by Gasteiger charge is -2.01. The van der Waals surface area contributed by atoms with Crippen LogP contribution in [0, 0.1) is 45.9 Å². The normalized spacial score (nSPS) is 10.6. The molecule has 0 radical (unpaired) electrons. The van der Waals surface area contributed by atoms with Crippen molar-refractivity contribution in [1.82, 2.24) is 0 Å². The maximum absolute atomic E-state index is 12.7. The molecule has 5 rings (SSSR count). The molecule has 0 saturated heterocycles. The van der Waals surface area contributed by atoms with E-state index in [9.17, 15) is 17.6 Å². The second-order valence-electron chi connectivity index (χ2n) is 6.48. The summed E-state index contributed by atoms with van der Waals surface area (Å²) in [6.45, 7) is 0. The van der Waals surface area contributed by atoms with Crippen molar-refractivity contribution in [2.24, 2.45) is 0 Å². The molecular weight excluding hydrogens is 392 g/mol. The Bertz CT molecular complexity index is 1280. The van der Waals surface area contributed by atoms with Gasteiger partial charge in [-0.2, -0.15) is 10.5 Å². The molecule has 4 aromatic carbocycles. The molecule has 4 aromatic rings. The summed E-state index contributed by atoms with van der Waals surface area (Å²) in [7, 11) is 0. The van der Waals surface area contributed by atoms with Crippen LogP contribution in [0.1, 0.15) is 11.1 Å². The zero-order valence-corrected chi connectivity index (χ0v) is 15.2. The van der Waals surface area contributed by atoms with Crippen molar-refractivity contribution in [2.45, 2.75) is 0 Å². The molecular formula is C24H10F4N2. The summed E-state index contributed by atoms with van der Waals surface area (Å²) in [6.07, 6.45) is 0. The Kier molecular flexibility index (Phi) is 4.69. The third kappa shape index (κ3) is 2.78. The molecule has 0 aromatic heterocycles. The minimum atomic E-state index is -1.86. The first-order valence-electron chi connectivity index (χ1n) is 8.77. The lowest BCUT2D eigenvalue weighted by Crippen LogP contribution is -2.04. The first kappa shape index (κ1) is 19.2. The third-order valence-electron chi connectivity index (χ3n) is 4.90. The molecule has 0 spiro atoms. The van der Waals surface area contributed by atoms with Gasteiger partial charge < -0.3 is 0 Å². The van der Waals surface area contributed by atoms with Gasteiger partial charge in [-0.15, -0.1) is 0 Å². The highest BCUT2D eigenvalue weighted by atomic mass is 19.2. The molecule has 0 amide bonds. The van der Waals surface area contributed by atoms with Gasteiger partial charge in [0.2, 0.25) is 0 Å². The van der Waals surface area contributed by atoms with Crippen LogP contribution < -0.4 is 0 Å². The molecule has 1 aliphatic rings. The van der Waals surface area contributed by atoms with Gasteiger partial charge in [-0.1, -0.05) is 60.7 Å². The van der Waals surface area contributed by atoms with E-state index in [0.717, 1.165) is 12.1 Å². The van der Waals surface area contributed by atoms with Gasteiger partial charge in [0, 0.05) is 0 Å². The number of halogens is 4. The molecule has 0 bridgehead atoms. The zero-order chi connectivity index (χ0) is 21.4. The standard InChI is InChI=1S/C16H10.C8F4N2/c1-2-8-13-12(7-1)14-9-3-5-11-6-4-10-15(13)16(11)14;9-5-3(1-13)6(10)8(12)4(2-14)7(5)11/h1-10H;. The smallest absolute Gasteiger partial charge is 0.181 e. The summed E-state index contributed by atoms with van der Waals surface area (Å²) in [5.41, 5.74) is 2.74. The molecule has 144 valence electrons. The van der Waals surface area contributed by atoms with Gasteiger partial charge >= 0.3 is 0 Å². The van der Waals surface area contributed by atoms with E-state index in [-0.39, 0.29) is 0 Å². The number of hydrogen-bond donors (Lipinski definition) is 0. The number of rotatable bonds is 0. The van der Waals surface area contributed by atoms with Crippen LogP contribution in [-0.2, 0) is 0 Å². The van der Waals surface area contributed by atoms with E-state index in [4.69, 9.17) is 10.5 Å². The van der Waals surface area contributed by atoms with Crippen molar-refractivity contribution in [3.8, 4) is 34.4 Å². The molecule has 0 N–H and O–H groups in total. The highest BCUT2D eigenvalue weighted by Crippen LogP contribution is 2.46. The highest BCUT2D eigenvalue weighted by molar-refractivity contribution is 6.15. The van der Waals surface area contributed by atoms with E-state index in [1.54, 1.807) is 0 Å². The number of nitrogens with zero attached hydrogens (tertiary/aromatic N) is 2. The van der Waals surface area contributed by atoms with E-state index in [2.05, 4.69) is 60.7 Å². The second kappa shape index (κ2) is 7.35. The van der Waals surface area contributed by atoms with Crippen molar-refractivity contribution in [3.05, 3.63) is 95.1 Å². The largest absolute Gasteiger partial charge is 0.202 e. The summed E-state index contributed by atoms with van der Waals surface area (Å²) in [4.78, 5) is 0.